The highest BCUT2D eigenvalue weighted by molar-refractivity contribution is 5.77. The van der Waals surface area contributed by atoms with Gasteiger partial charge >= 0.3 is 0 Å². The molecule has 0 aromatic heterocycles. The molecule has 0 radical (unpaired) electrons. The van der Waals surface area contributed by atoms with Gasteiger partial charge in [-0.25, -0.2) is 0 Å². The van der Waals surface area contributed by atoms with E-state index in [9.17, 15) is 4.79 Å². The lowest BCUT2D eigenvalue weighted by molar-refractivity contribution is -0.132. The van der Waals surface area contributed by atoms with E-state index in [-0.39, 0.29) is 5.41 Å². The average Bonchev–Trinajstić information content (AvgIpc) is 2.77. The molecule has 0 saturated carbocycles. The summed E-state index contributed by atoms with van der Waals surface area (Å²) < 4.78 is 5.37. The van der Waals surface area contributed by atoms with Crippen molar-refractivity contribution >= 4 is 5.91 Å². The number of carbonyl (C=O) groups excluding carboxylic acids is 1. The first-order valence-electron chi connectivity index (χ1n) is 7.52. The average molecular weight is 268 g/mol. The molecule has 1 unspecified atom stereocenters. The van der Waals surface area contributed by atoms with Crippen molar-refractivity contribution in [1.29, 1.82) is 0 Å². The Bertz CT molecular complexity index is 306. The summed E-state index contributed by atoms with van der Waals surface area (Å²) in [6.07, 6.45) is 1.82. The third-order valence-corrected chi connectivity index (χ3v) is 3.94. The summed E-state index contributed by atoms with van der Waals surface area (Å²) in [6, 6.07) is 0. The van der Waals surface area contributed by atoms with Crippen LogP contribution in [0.1, 0.15) is 33.6 Å². The molecule has 2 saturated heterocycles. The zero-order valence-electron chi connectivity index (χ0n) is 12.7. The van der Waals surface area contributed by atoms with Crippen LogP contribution in [0.15, 0.2) is 0 Å². The molecular formula is C15H28N2O2. The number of likely N-dealkylation sites (tertiary alicyclic amines) is 1. The first-order valence-corrected chi connectivity index (χ1v) is 7.52. The maximum atomic E-state index is 12.2. The lowest BCUT2D eigenvalue weighted by Gasteiger charge is -2.29. The fourth-order valence-electron chi connectivity index (χ4n) is 2.92. The van der Waals surface area contributed by atoms with Crippen molar-refractivity contribution in [3.63, 3.8) is 0 Å². The molecule has 0 aliphatic carbocycles. The van der Waals surface area contributed by atoms with Gasteiger partial charge in [-0.05, 0) is 17.8 Å². The molecule has 2 aliphatic rings. The number of nitrogens with zero attached hydrogens (tertiary/aromatic N) is 2. The summed E-state index contributed by atoms with van der Waals surface area (Å²) in [6.45, 7) is 13.2. The number of hydrogen-bond donors (Lipinski definition) is 0. The number of ether oxygens (including phenoxy) is 1. The monoisotopic (exact) mass is 268 g/mol. The highest BCUT2D eigenvalue weighted by Crippen LogP contribution is 2.24. The van der Waals surface area contributed by atoms with E-state index >= 15 is 0 Å². The van der Waals surface area contributed by atoms with Crippen LogP contribution in [-0.4, -0.2) is 61.6 Å². The minimum Gasteiger partial charge on any atom is -0.379 e. The number of amides is 1. The quantitative estimate of drug-likeness (QED) is 0.779. The highest BCUT2D eigenvalue weighted by atomic mass is 16.5. The molecule has 2 heterocycles. The van der Waals surface area contributed by atoms with Crippen LogP contribution in [0.25, 0.3) is 0 Å². The molecular weight excluding hydrogens is 240 g/mol. The third kappa shape index (κ3) is 4.77. The molecule has 2 rings (SSSR count). The van der Waals surface area contributed by atoms with Crippen LogP contribution in [0.4, 0.5) is 0 Å². The van der Waals surface area contributed by atoms with Crippen LogP contribution in [0.5, 0.6) is 0 Å². The van der Waals surface area contributed by atoms with Crippen molar-refractivity contribution < 1.29 is 9.53 Å². The van der Waals surface area contributed by atoms with E-state index in [0.717, 1.165) is 52.4 Å². The lowest BCUT2D eigenvalue weighted by atomic mass is 9.92. The Hall–Kier alpha value is -0.610. The zero-order chi connectivity index (χ0) is 13.9. The van der Waals surface area contributed by atoms with Gasteiger partial charge in [-0.2, -0.15) is 0 Å². The van der Waals surface area contributed by atoms with Crippen LogP contribution in [0.2, 0.25) is 0 Å². The molecule has 0 bridgehead atoms. The fourth-order valence-corrected chi connectivity index (χ4v) is 2.92. The Morgan fingerprint density at radius 2 is 1.89 bits per heavy atom. The Balaban J connectivity index is 1.74. The van der Waals surface area contributed by atoms with Gasteiger partial charge in [0.05, 0.1) is 13.2 Å². The van der Waals surface area contributed by atoms with Crippen LogP contribution in [0, 0.1) is 11.3 Å². The number of carbonyl (C=O) groups is 1. The van der Waals surface area contributed by atoms with E-state index in [1.54, 1.807) is 0 Å². The second kappa shape index (κ2) is 6.23. The molecule has 110 valence electrons. The predicted molar refractivity (Wildman–Crippen MR) is 76.0 cm³/mol. The second-order valence-corrected chi connectivity index (χ2v) is 7.14. The van der Waals surface area contributed by atoms with E-state index < -0.39 is 0 Å². The van der Waals surface area contributed by atoms with Crippen LogP contribution in [0.3, 0.4) is 0 Å². The molecule has 4 nitrogen and oxygen atoms in total. The Morgan fingerprint density at radius 1 is 1.21 bits per heavy atom. The molecule has 1 atom stereocenters. The third-order valence-electron chi connectivity index (χ3n) is 3.94. The van der Waals surface area contributed by atoms with Crippen LogP contribution < -0.4 is 0 Å². The topological polar surface area (TPSA) is 32.8 Å². The maximum absolute atomic E-state index is 12.2. The Labute approximate surface area is 117 Å². The van der Waals surface area contributed by atoms with Crippen molar-refractivity contribution in [3.05, 3.63) is 0 Å². The highest BCUT2D eigenvalue weighted by Gasteiger charge is 2.29. The minimum atomic E-state index is 0.0966. The fraction of sp³-hybridized carbons (Fsp3) is 0.933. The summed E-state index contributed by atoms with van der Waals surface area (Å²) in [7, 11) is 0. The zero-order valence-corrected chi connectivity index (χ0v) is 12.7. The smallest absolute Gasteiger partial charge is 0.223 e. The van der Waals surface area contributed by atoms with Crippen molar-refractivity contribution in [3.8, 4) is 0 Å². The van der Waals surface area contributed by atoms with Crippen LogP contribution >= 0.6 is 0 Å². The molecule has 2 fully saturated rings. The van der Waals surface area contributed by atoms with E-state index in [1.807, 2.05) is 0 Å². The summed E-state index contributed by atoms with van der Waals surface area (Å²) in [4.78, 5) is 16.7. The van der Waals surface area contributed by atoms with Crippen molar-refractivity contribution in [2.75, 3.05) is 45.9 Å². The summed E-state index contributed by atoms with van der Waals surface area (Å²) in [5.74, 6) is 0.985. The first-order chi connectivity index (χ1) is 8.94. The summed E-state index contributed by atoms with van der Waals surface area (Å²) in [5.41, 5.74) is 0.0966. The number of rotatable bonds is 3. The van der Waals surface area contributed by atoms with Gasteiger partial charge in [-0.15, -0.1) is 0 Å². The van der Waals surface area contributed by atoms with Gasteiger partial charge in [-0.1, -0.05) is 20.8 Å². The maximum Gasteiger partial charge on any atom is 0.223 e. The van der Waals surface area contributed by atoms with Crippen molar-refractivity contribution in [2.45, 2.75) is 33.6 Å². The largest absolute Gasteiger partial charge is 0.379 e. The Kier molecular flexibility index (Phi) is 4.85. The van der Waals surface area contributed by atoms with E-state index in [2.05, 4.69) is 30.6 Å². The van der Waals surface area contributed by atoms with Gasteiger partial charge in [0.2, 0.25) is 5.91 Å². The second-order valence-electron chi connectivity index (χ2n) is 7.14. The van der Waals surface area contributed by atoms with E-state index in [4.69, 9.17) is 4.74 Å². The Morgan fingerprint density at radius 3 is 2.53 bits per heavy atom. The summed E-state index contributed by atoms with van der Waals surface area (Å²) >= 11 is 0. The molecule has 1 amide bonds. The van der Waals surface area contributed by atoms with Crippen molar-refractivity contribution in [1.82, 2.24) is 9.80 Å². The molecule has 19 heavy (non-hydrogen) atoms. The van der Waals surface area contributed by atoms with E-state index in [1.165, 1.54) is 0 Å². The predicted octanol–water partition coefficient (Wildman–Crippen LogP) is 1.60. The van der Waals surface area contributed by atoms with E-state index in [0.29, 0.717) is 18.2 Å². The number of hydrogen-bond acceptors (Lipinski definition) is 3. The molecule has 0 aromatic carbocycles. The minimum absolute atomic E-state index is 0.0966. The van der Waals surface area contributed by atoms with Crippen LogP contribution in [-0.2, 0) is 9.53 Å². The standard InChI is InChI=1S/C15H28N2O2/c1-15(2,3)10-14(18)17-5-4-13(12-17)11-16-6-8-19-9-7-16/h13H,4-12H2,1-3H3. The van der Waals surface area contributed by atoms with Gasteiger partial charge in [0.25, 0.3) is 0 Å². The van der Waals surface area contributed by atoms with Gasteiger partial charge < -0.3 is 9.64 Å². The van der Waals surface area contributed by atoms with Crippen molar-refractivity contribution in [2.24, 2.45) is 11.3 Å². The molecule has 0 aromatic rings. The summed E-state index contributed by atoms with van der Waals surface area (Å²) in [5, 5.41) is 0. The number of morpholine rings is 1. The van der Waals surface area contributed by atoms with Gasteiger partial charge in [0.15, 0.2) is 0 Å². The first kappa shape index (κ1) is 14.8. The normalized spacial score (nSPS) is 25.8. The van der Waals surface area contributed by atoms with Gasteiger partial charge in [0, 0.05) is 39.1 Å². The lowest BCUT2D eigenvalue weighted by Crippen LogP contribution is -2.40. The molecule has 4 heteroatoms. The molecule has 0 spiro atoms. The van der Waals surface area contributed by atoms with Gasteiger partial charge in [0.1, 0.15) is 0 Å². The van der Waals surface area contributed by atoms with Gasteiger partial charge in [-0.3, -0.25) is 9.69 Å². The molecule has 2 aliphatic heterocycles. The SMILES string of the molecule is CC(C)(C)CC(=O)N1CCC(CN2CCOCC2)C1. The molecule has 0 N–H and O–H groups in total.